The van der Waals surface area contributed by atoms with Gasteiger partial charge in [0.2, 0.25) is 5.91 Å². The summed E-state index contributed by atoms with van der Waals surface area (Å²) in [6.45, 7) is 8.19. The SMILES string of the molecule is Cc1ccccc1Cn1ccc(NC(=O)C(C)n2nc(C)c(Cl)c2C)n1. The van der Waals surface area contributed by atoms with Crippen molar-refractivity contribution >= 4 is 23.3 Å². The van der Waals surface area contributed by atoms with Crippen molar-refractivity contribution in [2.45, 2.75) is 40.3 Å². The third kappa shape index (κ3) is 3.65. The van der Waals surface area contributed by atoms with E-state index in [1.807, 2.05) is 36.9 Å². The van der Waals surface area contributed by atoms with Crippen LogP contribution in [0.15, 0.2) is 36.5 Å². The molecule has 0 saturated carbocycles. The number of nitrogens with zero attached hydrogens (tertiary/aromatic N) is 4. The highest BCUT2D eigenvalue weighted by molar-refractivity contribution is 6.31. The van der Waals surface area contributed by atoms with Gasteiger partial charge in [0.05, 0.1) is 23.0 Å². The quantitative estimate of drug-likeness (QED) is 0.739. The molecule has 0 saturated heterocycles. The Morgan fingerprint density at radius 1 is 1.19 bits per heavy atom. The Kier molecular flexibility index (Phi) is 5.13. The molecule has 0 spiro atoms. The van der Waals surface area contributed by atoms with Crippen LogP contribution >= 0.6 is 11.6 Å². The number of carbonyl (C=O) groups is 1. The lowest BCUT2D eigenvalue weighted by molar-refractivity contribution is -0.119. The molecule has 0 aliphatic rings. The number of carbonyl (C=O) groups excluding carboxylic acids is 1. The Balaban J connectivity index is 1.69. The van der Waals surface area contributed by atoms with Crippen molar-refractivity contribution in [1.82, 2.24) is 19.6 Å². The summed E-state index contributed by atoms with van der Waals surface area (Å²) in [6, 6.07) is 9.47. The van der Waals surface area contributed by atoms with Gasteiger partial charge in [0.1, 0.15) is 6.04 Å². The first-order chi connectivity index (χ1) is 12.4. The van der Waals surface area contributed by atoms with Crippen molar-refractivity contribution in [2.75, 3.05) is 5.32 Å². The zero-order valence-electron chi connectivity index (χ0n) is 15.3. The summed E-state index contributed by atoms with van der Waals surface area (Å²) >= 11 is 6.17. The van der Waals surface area contributed by atoms with Gasteiger partial charge >= 0.3 is 0 Å². The van der Waals surface area contributed by atoms with Crippen LogP contribution in [0, 0.1) is 20.8 Å². The highest BCUT2D eigenvalue weighted by atomic mass is 35.5. The molecule has 2 heterocycles. The third-order valence-corrected chi connectivity index (χ3v) is 5.02. The monoisotopic (exact) mass is 371 g/mol. The van der Waals surface area contributed by atoms with Gasteiger partial charge in [0.25, 0.3) is 0 Å². The maximum Gasteiger partial charge on any atom is 0.250 e. The second-order valence-electron chi connectivity index (χ2n) is 6.42. The molecule has 3 aromatic rings. The number of rotatable bonds is 5. The van der Waals surface area contributed by atoms with Crippen LogP contribution in [0.4, 0.5) is 5.82 Å². The molecule has 3 rings (SSSR count). The first kappa shape index (κ1) is 18.2. The largest absolute Gasteiger partial charge is 0.307 e. The van der Waals surface area contributed by atoms with Gasteiger partial charge in [-0.3, -0.25) is 14.2 Å². The fraction of sp³-hybridized carbons (Fsp3) is 0.316. The second kappa shape index (κ2) is 7.33. The molecule has 136 valence electrons. The topological polar surface area (TPSA) is 64.7 Å². The molecule has 26 heavy (non-hydrogen) atoms. The number of halogens is 1. The Morgan fingerprint density at radius 2 is 1.92 bits per heavy atom. The standard InChI is InChI=1S/C19H22ClN5O/c1-12-7-5-6-8-16(12)11-24-10-9-17(23-24)21-19(26)15(4)25-14(3)18(20)13(2)22-25/h5-10,15H,11H2,1-4H3,(H,21,23,26). The predicted octanol–water partition coefficient (Wildman–Crippen LogP) is 3.91. The van der Waals surface area contributed by atoms with Gasteiger partial charge in [-0.2, -0.15) is 10.2 Å². The molecule has 7 heteroatoms. The highest BCUT2D eigenvalue weighted by Crippen LogP contribution is 2.22. The van der Waals surface area contributed by atoms with E-state index in [2.05, 4.69) is 34.6 Å². The lowest BCUT2D eigenvalue weighted by Gasteiger charge is -2.13. The second-order valence-corrected chi connectivity index (χ2v) is 6.80. The predicted molar refractivity (Wildman–Crippen MR) is 103 cm³/mol. The van der Waals surface area contributed by atoms with Gasteiger partial charge < -0.3 is 5.32 Å². The van der Waals surface area contributed by atoms with Gasteiger partial charge in [0, 0.05) is 12.3 Å². The number of hydrogen-bond donors (Lipinski definition) is 1. The summed E-state index contributed by atoms with van der Waals surface area (Å²) in [5, 5.41) is 12.2. The van der Waals surface area contributed by atoms with Crippen molar-refractivity contribution in [3.63, 3.8) is 0 Å². The first-order valence-electron chi connectivity index (χ1n) is 8.47. The van der Waals surface area contributed by atoms with Crippen LogP contribution in [-0.4, -0.2) is 25.5 Å². The molecular formula is C19H22ClN5O. The van der Waals surface area contributed by atoms with Crippen LogP contribution in [0.3, 0.4) is 0 Å². The number of hydrogen-bond acceptors (Lipinski definition) is 3. The maximum atomic E-state index is 12.5. The van der Waals surface area contributed by atoms with Crippen LogP contribution in [-0.2, 0) is 11.3 Å². The summed E-state index contributed by atoms with van der Waals surface area (Å²) in [7, 11) is 0. The molecule has 1 aromatic carbocycles. The average Bonchev–Trinajstić information content (AvgIpc) is 3.16. The van der Waals surface area contributed by atoms with E-state index in [1.165, 1.54) is 11.1 Å². The van der Waals surface area contributed by atoms with Crippen molar-refractivity contribution in [1.29, 1.82) is 0 Å². The van der Waals surface area contributed by atoms with E-state index >= 15 is 0 Å². The summed E-state index contributed by atoms with van der Waals surface area (Å²) in [4.78, 5) is 12.5. The molecule has 0 bridgehead atoms. The van der Waals surface area contributed by atoms with Gasteiger partial charge in [-0.25, -0.2) is 0 Å². The van der Waals surface area contributed by atoms with Crippen molar-refractivity contribution in [2.24, 2.45) is 0 Å². The molecule has 0 radical (unpaired) electrons. The maximum absolute atomic E-state index is 12.5. The number of nitrogens with one attached hydrogen (secondary N) is 1. The molecule has 0 aliphatic carbocycles. The zero-order chi connectivity index (χ0) is 18.8. The van der Waals surface area contributed by atoms with Gasteiger partial charge in [-0.05, 0) is 38.8 Å². The molecule has 1 N–H and O–H groups in total. The summed E-state index contributed by atoms with van der Waals surface area (Å²) in [5.41, 5.74) is 3.89. The van der Waals surface area contributed by atoms with Gasteiger partial charge in [-0.15, -0.1) is 0 Å². The molecule has 6 nitrogen and oxygen atoms in total. The van der Waals surface area contributed by atoms with Crippen LogP contribution < -0.4 is 5.32 Å². The number of aromatic nitrogens is 4. The van der Waals surface area contributed by atoms with E-state index in [-0.39, 0.29) is 5.91 Å². The third-order valence-electron chi connectivity index (χ3n) is 4.47. The van der Waals surface area contributed by atoms with E-state index < -0.39 is 6.04 Å². The Hall–Kier alpha value is -2.60. The Bertz CT molecular complexity index is 943. The molecule has 1 unspecified atom stereocenters. The van der Waals surface area contributed by atoms with Gasteiger partial charge in [0.15, 0.2) is 5.82 Å². The molecule has 0 aliphatic heterocycles. The highest BCUT2D eigenvalue weighted by Gasteiger charge is 2.21. The van der Waals surface area contributed by atoms with E-state index in [4.69, 9.17) is 11.6 Å². The van der Waals surface area contributed by atoms with Crippen LogP contribution in [0.1, 0.15) is 35.5 Å². The van der Waals surface area contributed by atoms with E-state index in [0.717, 1.165) is 5.69 Å². The minimum Gasteiger partial charge on any atom is -0.307 e. The summed E-state index contributed by atoms with van der Waals surface area (Å²) in [5.74, 6) is 0.330. The van der Waals surface area contributed by atoms with Crippen molar-refractivity contribution < 1.29 is 4.79 Å². The van der Waals surface area contributed by atoms with Crippen molar-refractivity contribution in [3.8, 4) is 0 Å². The van der Waals surface area contributed by atoms with Crippen LogP contribution in [0.5, 0.6) is 0 Å². The minimum absolute atomic E-state index is 0.187. The lowest BCUT2D eigenvalue weighted by Crippen LogP contribution is -2.25. The number of benzene rings is 1. The lowest BCUT2D eigenvalue weighted by atomic mass is 10.1. The van der Waals surface area contributed by atoms with E-state index in [9.17, 15) is 4.79 Å². The summed E-state index contributed by atoms with van der Waals surface area (Å²) in [6.07, 6.45) is 1.85. The van der Waals surface area contributed by atoms with E-state index in [1.54, 1.807) is 17.7 Å². The van der Waals surface area contributed by atoms with E-state index in [0.29, 0.717) is 23.1 Å². The smallest absolute Gasteiger partial charge is 0.250 e. The number of anilines is 1. The fourth-order valence-corrected chi connectivity index (χ4v) is 2.96. The zero-order valence-corrected chi connectivity index (χ0v) is 16.1. The molecule has 2 aromatic heterocycles. The van der Waals surface area contributed by atoms with Crippen LogP contribution in [0.2, 0.25) is 5.02 Å². The molecule has 1 amide bonds. The Labute approximate surface area is 157 Å². The number of aryl methyl sites for hydroxylation is 2. The van der Waals surface area contributed by atoms with Crippen molar-refractivity contribution in [3.05, 3.63) is 64.1 Å². The fourth-order valence-electron chi connectivity index (χ4n) is 2.84. The first-order valence-corrected chi connectivity index (χ1v) is 8.84. The number of amides is 1. The molecule has 1 atom stereocenters. The van der Waals surface area contributed by atoms with Gasteiger partial charge in [-0.1, -0.05) is 35.9 Å². The Morgan fingerprint density at radius 3 is 2.58 bits per heavy atom. The summed E-state index contributed by atoms with van der Waals surface area (Å²) < 4.78 is 3.44. The molecular weight excluding hydrogens is 350 g/mol. The minimum atomic E-state index is -0.484. The average molecular weight is 372 g/mol. The molecule has 0 fully saturated rings. The normalized spacial score (nSPS) is 12.2. The van der Waals surface area contributed by atoms with Crippen LogP contribution in [0.25, 0.3) is 0 Å².